The van der Waals surface area contributed by atoms with Gasteiger partial charge >= 0.3 is 19.7 Å². The average molecular weight is 320 g/mol. The summed E-state index contributed by atoms with van der Waals surface area (Å²) in [6, 6.07) is 5.59. The van der Waals surface area contributed by atoms with E-state index in [0.29, 0.717) is 0 Å². The first-order valence-corrected chi connectivity index (χ1v) is 6.76. The monoisotopic (exact) mass is 320 g/mol. The number of benzene rings is 1. The fourth-order valence-electron chi connectivity index (χ4n) is 1.93. The Morgan fingerprint density at radius 2 is 1.55 bits per heavy atom. The Morgan fingerprint density at radius 1 is 1.05 bits per heavy atom. The van der Waals surface area contributed by atoms with E-state index in [-0.39, 0.29) is 5.46 Å². The molecule has 2 rings (SSSR count). The van der Waals surface area contributed by atoms with Crippen LogP contribution in [0.2, 0.25) is 0 Å². The number of rotatable bonds is 4. The molecule has 22 heavy (non-hydrogen) atoms. The fraction of sp³-hybridized carbons (Fsp3) is 0.571. The van der Waals surface area contributed by atoms with Gasteiger partial charge in [-0.1, -0.05) is 18.2 Å². The quantitative estimate of drug-likeness (QED) is 0.630. The van der Waals surface area contributed by atoms with E-state index in [2.05, 4.69) is 4.74 Å². The van der Waals surface area contributed by atoms with Crippen molar-refractivity contribution in [3.05, 3.63) is 24.3 Å². The normalized spacial score (nSPS) is 20.5. The van der Waals surface area contributed by atoms with Crippen molar-refractivity contribution in [2.45, 2.75) is 51.4 Å². The van der Waals surface area contributed by atoms with Crippen molar-refractivity contribution in [1.29, 1.82) is 0 Å². The molecule has 0 radical (unpaired) electrons. The van der Waals surface area contributed by atoms with E-state index in [0.717, 1.165) is 0 Å². The zero-order chi connectivity index (χ0) is 16.8. The largest absolute Gasteiger partial charge is 0.498 e. The third kappa shape index (κ3) is 3.08. The molecule has 8 heteroatoms. The van der Waals surface area contributed by atoms with Crippen molar-refractivity contribution in [3.63, 3.8) is 0 Å². The van der Waals surface area contributed by atoms with Crippen molar-refractivity contribution >= 4 is 12.6 Å². The van der Waals surface area contributed by atoms with Gasteiger partial charge < -0.3 is 14.0 Å². The molecule has 0 bridgehead atoms. The molecule has 1 aliphatic rings. The summed E-state index contributed by atoms with van der Waals surface area (Å²) in [7, 11) is -0.977. The van der Waals surface area contributed by atoms with Crippen LogP contribution in [0.4, 0.5) is 17.6 Å². The van der Waals surface area contributed by atoms with Crippen LogP contribution >= 0.6 is 0 Å². The highest BCUT2D eigenvalue weighted by Gasteiger charge is 2.53. The maximum Gasteiger partial charge on any atom is 0.498 e. The third-order valence-corrected chi connectivity index (χ3v) is 3.93. The molecule has 1 heterocycles. The minimum Gasteiger partial charge on any atom is -0.429 e. The van der Waals surface area contributed by atoms with E-state index in [9.17, 15) is 17.6 Å². The summed E-state index contributed by atoms with van der Waals surface area (Å²) in [5.41, 5.74) is -1.23. The summed E-state index contributed by atoms with van der Waals surface area (Å²) < 4.78 is 66.6. The van der Waals surface area contributed by atoms with E-state index in [1.165, 1.54) is 18.2 Å². The van der Waals surface area contributed by atoms with Crippen LogP contribution < -0.4 is 10.2 Å². The van der Waals surface area contributed by atoms with Crippen LogP contribution in [0.1, 0.15) is 27.7 Å². The minimum absolute atomic E-state index is 0.140. The van der Waals surface area contributed by atoms with Gasteiger partial charge in [0.2, 0.25) is 0 Å². The van der Waals surface area contributed by atoms with Crippen LogP contribution in [-0.2, 0) is 9.31 Å². The second-order valence-electron chi connectivity index (χ2n) is 6.09. The molecular weight excluding hydrogens is 303 g/mol. The molecule has 0 unspecified atom stereocenters. The van der Waals surface area contributed by atoms with Gasteiger partial charge in [-0.3, -0.25) is 0 Å². The van der Waals surface area contributed by atoms with E-state index in [1.54, 1.807) is 33.8 Å². The molecule has 122 valence electrons. The lowest BCUT2D eigenvalue weighted by Crippen LogP contribution is -2.41. The first-order valence-electron chi connectivity index (χ1n) is 6.76. The molecule has 0 saturated carbocycles. The van der Waals surface area contributed by atoms with Crippen LogP contribution in [0.25, 0.3) is 0 Å². The Kier molecular flexibility index (Phi) is 4.21. The van der Waals surface area contributed by atoms with Crippen molar-refractivity contribution in [2.24, 2.45) is 0 Å². The first-order chi connectivity index (χ1) is 9.96. The highest BCUT2D eigenvalue weighted by molar-refractivity contribution is 6.63. The molecular formula is C14H17BF4O3. The molecule has 0 spiro atoms. The predicted molar refractivity (Wildman–Crippen MR) is 73.7 cm³/mol. The van der Waals surface area contributed by atoms with Crippen molar-refractivity contribution in [2.75, 3.05) is 0 Å². The summed E-state index contributed by atoms with van der Waals surface area (Å²) in [4.78, 5) is 0. The predicted octanol–water partition coefficient (Wildman–Crippen LogP) is 3.22. The topological polar surface area (TPSA) is 27.7 Å². The Hall–Kier alpha value is -1.28. The van der Waals surface area contributed by atoms with Gasteiger partial charge in [0.15, 0.2) is 0 Å². The molecule has 0 aromatic heterocycles. The standard InChI is InChI=1S/C14H17BF4O3/c1-12(2)13(3,4)22-15(21-12)9-7-5-6-8-10(9)20-14(18,19)11(16)17/h5-8,11H,1-4H3. The van der Waals surface area contributed by atoms with Gasteiger partial charge in [-0.15, -0.1) is 0 Å². The van der Waals surface area contributed by atoms with Gasteiger partial charge in [0, 0.05) is 5.46 Å². The first kappa shape index (κ1) is 17.1. The number of hydrogen-bond acceptors (Lipinski definition) is 3. The van der Waals surface area contributed by atoms with E-state index in [1.807, 2.05) is 0 Å². The molecule has 0 atom stereocenters. The Balaban J connectivity index is 2.31. The van der Waals surface area contributed by atoms with E-state index < -0.39 is 36.6 Å². The summed E-state index contributed by atoms with van der Waals surface area (Å²) in [6.07, 6.45) is -8.52. The third-order valence-electron chi connectivity index (χ3n) is 3.93. The van der Waals surface area contributed by atoms with Crippen LogP contribution in [0.15, 0.2) is 24.3 Å². The minimum atomic E-state index is -4.58. The Bertz CT molecular complexity index is 533. The highest BCUT2D eigenvalue weighted by atomic mass is 19.3. The average Bonchev–Trinajstić information content (AvgIpc) is 2.58. The zero-order valence-corrected chi connectivity index (χ0v) is 12.7. The zero-order valence-electron chi connectivity index (χ0n) is 12.7. The van der Waals surface area contributed by atoms with Crippen LogP contribution in [0.5, 0.6) is 5.75 Å². The second-order valence-corrected chi connectivity index (χ2v) is 6.09. The molecule has 3 nitrogen and oxygen atoms in total. The van der Waals surface area contributed by atoms with E-state index >= 15 is 0 Å². The number of ether oxygens (including phenoxy) is 1. The highest BCUT2D eigenvalue weighted by Crippen LogP contribution is 2.37. The number of alkyl halides is 4. The van der Waals surface area contributed by atoms with Gasteiger partial charge in [-0.05, 0) is 33.8 Å². The lowest BCUT2D eigenvalue weighted by Gasteiger charge is -2.32. The van der Waals surface area contributed by atoms with Crippen LogP contribution in [0.3, 0.4) is 0 Å². The molecule has 0 N–H and O–H groups in total. The van der Waals surface area contributed by atoms with Crippen LogP contribution in [-0.4, -0.2) is 30.9 Å². The molecule has 1 aliphatic heterocycles. The van der Waals surface area contributed by atoms with Crippen molar-refractivity contribution < 1.29 is 31.6 Å². The second kappa shape index (κ2) is 5.42. The molecule has 1 aromatic carbocycles. The summed E-state index contributed by atoms with van der Waals surface area (Å²) >= 11 is 0. The summed E-state index contributed by atoms with van der Waals surface area (Å²) in [5.74, 6) is -0.397. The summed E-state index contributed by atoms with van der Waals surface area (Å²) in [6.45, 7) is 7.18. The molecule has 1 aromatic rings. The van der Waals surface area contributed by atoms with Crippen molar-refractivity contribution in [3.8, 4) is 5.75 Å². The van der Waals surface area contributed by atoms with Gasteiger partial charge in [-0.25, -0.2) is 0 Å². The van der Waals surface area contributed by atoms with Gasteiger partial charge in [-0.2, -0.15) is 17.6 Å². The number of para-hydroxylation sites is 1. The molecule has 1 saturated heterocycles. The lowest BCUT2D eigenvalue weighted by atomic mass is 9.78. The smallest absolute Gasteiger partial charge is 0.429 e. The van der Waals surface area contributed by atoms with Gasteiger partial charge in [0.1, 0.15) is 5.75 Å². The number of hydrogen-bond donors (Lipinski definition) is 0. The van der Waals surface area contributed by atoms with Crippen molar-refractivity contribution in [1.82, 2.24) is 0 Å². The molecule has 1 fully saturated rings. The van der Waals surface area contributed by atoms with Crippen LogP contribution in [0, 0.1) is 0 Å². The van der Waals surface area contributed by atoms with Gasteiger partial charge in [0.05, 0.1) is 11.2 Å². The lowest BCUT2D eigenvalue weighted by molar-refractivity contribution is -0.252. The Labute approximate surface area is 126 Å². The molecule has 0 aliphatic carbocycles. The SMILES string of the molecule is CC1(C)OB(c2ccccc2OC(F)(F)C(F)F)OC1(C)C. The summed E-state index contributed by atoms with van der Waals surface area (Å²) in [5, 5.41) is 0. The van der Waals surface area contributed by atoms with E-state index in [4.69, 9.17) is 9.31 Å². The maximum absolute atomic E-state index is 13.1. The number of halogens is 4. The molecule has 0 amide bonds. The maximum atomic E-state index is 13.1. The fourth-order valence-corrected chi connectivity index (χ4v) is 1.93. The van der Waals surface area contributed by atoms with Gasteiger partial charge in [0.25, 0.3) is 0 Å². The Morgan fingerprint density at radius 3 is 2.05 bits per heavy atom.